The van der Waals surface area contributed by atoms with Crippen molar-refractivity contribution in [3.63, 3.8) is 0 Å². The smallest absolute Gasteiger partial charge is 0.339 e. The number of aromatic carboxylic acids is 1. The molecule has 6 heteroatoms. The normalized spacial score (nSPS) is 17.1. The third kappa shape index (κ3) is 1.89. The van der Waals surface area contributed by atoms with Crippen LogP contribution >= 0.6 is 0 Å². The van der Waals surface area contributed by atoms with Gasteiger partial charge in [-0.05, 0) is 18.9 Å². The molecule has 1 fully saturated rings. The molecule has 6 nitrogen and oxygen atoms in total. The van der Waals surface area contributed by atoms with Crippen LogP contribution in [0.3, 0.4) is 0 Å². The summed E-state index contributed by atoms with van der Waals surface area (Å²) in [7, 11) is 0. The maximum Gasteiger partial charge on any atom is 0.339 e. The van der Waals surface area contributed by atoms with Crippen LogP contribution in [0.2, 0.25) is 0 Å². The van der Waals surface area contributed by atoms with Crippen LogP contribution in [0.25, 0.3) is 0 Å². The van der Waals surface area contributed by atoms with Crippen molar-refractivity contribution in [2.75, 3.05) is 11.9 Å². The summed E-state index contributed by atoms with van der Waals surface area (Å²) >= 11 is 0. The molecular formula is C9H11N3O3. The third-order valence-corrected chi connectivity index (χ3v) is 2.49. The van der Waals surface area contributed by atoms with Gasteiger partial charge < -0.3 is 15.5 Å². The van der Waals surface area contributed by atoms with Crippen molar-refractivity contribution in [2.24, 2.45) is 0 Å². The van der Waals surface area contributed by atoms with Crippen molar-refractivity contribution in [1.82, 2.24) is 10.2 Å². The van der Waals surface area contributed by atoms with Crippen LogP contribution < -0.4 is 5.32 Å². The number of carboxylic acid groups (broad SMARTS) is 1. The molecule has 15 heavy (non-hydrogen) atoms. The van der Waals surface area contributed by atoms with E-state index in [9.17, 15) is 4.79 Å². The molecule has 0 bridgehead atoms. The lowest BCUT2D eigenvalue weighted by Gasteiger charge is -2.15. The molecule has 1 aliphatic carbocycles. The van der Waals surface area contributed by atoms with Crippen molar-refractivity contribution in [1.29, 1.82) is 0 Å². The van der Waals surface area contributed by atoms with Gasteiger partial charge in [-0.1, -0.05) is 0 Å². The number of nitrogens with one attached hydrogen (secondary N) is 1. The standard InChI is InChI=1S/C9H11N3O3/c13-5-9(2-3-9)11-7-6(8(14)15)1-4-10-12-7/h1,4,13H,2-3,5H2,(H,11,12)(H,14,15). The summed E-state index contributed by atoms with van der Waals surface area (Å²) < 4.78 is 0. The van der Waals surface area contributed by atoms with E-state index in [4.69, 9.17) is 10.2 Å². The van der Waals surface area contributed by atoms with Crippen LogP contribution in [-0.2, 0) is 0 Å². The predicted molar refractivity (Wildman–Crippen MR) is 51.7 cm³/mol. The average Bonchev–Trinajstić information content (AvgIpc) is 2.99. The second-order valence-electron chi connectivity index (χ2n) is 3.66. The third-order valence-electron chi connectivity index (χ3n) is 2.49. The number of carbonyl (C=O) groups is 1. The summed E-state index contributed by atoms with van der Waals surface area (Å²) in [6.07, 6.45) is 2.96. The Morgan fingerprint density at radius 3 is 2.87 bits per heavy atom. The molecule has 1 heterocycles. The molecule has 2 rings (SSSR count). The monoisotopic (exact) mass is 209 g/mol. The molecule has 0 spiro atoms. The minimum atomic E-state index is -1.05. The van der Waals surface area contributed by atoms with Crippen molar-refractivity contribution in [3.05, 3.63) is 17.8 Å². The number of aliphatic hydroxyl groups excluding tert-OH is 1. The summed E-state index contributed by atoms with van der Waals surface area (Å²) in [6.45, 7) is -0.0252. The highest BCUT2D eigenvalue weighted by Gasteiger charge is 2.43. The second kappa shape index (κ2) is 3.47. The van der Waals surface area contributed by atoms with Gasteiger partial charge in [0.1, 0.15) is 5.56 Å². The fourth-order valence-electron chi connectivity index (χ4n) is 1.32. The SMILES string of the molecule is O=C(O)c1ccnnc1NC1(CO)CC1. The van der Waals surface area contributed by atoms with Crippen LogP contribution in [0.15, 0.2) is 12.3 Å². The minimum Gasteiger partial charge on any atom is -0.478 e. The van der Waals surface area contributed by atoms with Crippen molar-refractivity contribution in [2.45, 2.75) is 18.4 Å². The minimum absolute atomic E-state index is 0.0252. The number of anilines is 1. The lowest BCUT2D eigenvalue weighted by Crippen LogP contribution is -2.27. The Balaban J connectivity index is 2.24. The van der Waals surface area contributed by atoms with Crippen molar-refractivity contribution < 1.29 is 15.0 Å². The lowest BCUT2D eigenvalue weighted by atomic mass is 10.2. The first kappa shape index (κ1) is 9.85. The van der Waals surface area contributed by atoms with Crippen LogP contribution in [0, 0.1) is 0 Å². The first-order valence-corrected chi connectivity index (χ1v) is 4.61. The number of nitrogens with zero attached hydrogens (tertiary/aromatic N) is 2. The zero-order valence-electron chi connectivity index (χ0n) is 7.97. The molecule has 80 valence electrons. The molecule has 0 aromatic carbocycles. The van der Waals surface area contributed by atoms with E-state index in [0.717, 1.165) is 12.8 Å². The summed E-state index contributed by atoms with van der Waals surface area (Å²) in [4.78, 5) is 10.8. The Kier molecular flexibility index (Phi) is 2.28. The Hall–Kier alpha value is -1.69. The Bertz CT molecular complexity index is 390. The predicted octanol–water partition coefficient (Wildman–Crippen LogP) is 0.112. The van der Waals surface area contributed by atoms with Gasteiger partial charge in [-0.15, -0.1) is 5.10 Å². The van der Waals surface area contributed by atoms with E-state index < -0.39 is 5.97 Å². The highest BCUT2D eigenvalue weighted by Crippen LogP contribution is 2.38. The average molecular weight is 209 g/mol. The number of rotatable bonds is 4. The lowest BCUT2D eigenvalue weighted by molar-refractivity contribution is 0.0697. The Labute approximate surface area is 86.0 Å². The Morgan fingerprint density at radius 1 is 1.60 bits per heavy atom. The molecule has 0 atom stereocenters. The second-order valence-corrected chi connectivity index (χ2v) is 3.66. The van der Waals surface area contributed by atoms with Gasteiger partial charge in [0.2, 0.25) is 0 Å². The van der Waals surface area contributed by atoms with E-state index in [-0.39, 0.29) is 23.5 Å². The van der Waals surface area contributed by atoms with E-state index in [0.29, 0.717) is 0 Å². The summed E-state index contributed by atoms with van der Waals surface area (Å²) in [5.41, 5.74) is -0.315. The van der Waals surface area contributed by atoms with Crippen molar-refractivity contribution >= 4 is 11.8 Å². The van der Waals surface area contributed by atoms with Gasteiger partial charge in [0.15, 0.2) is 5.82 Å². The zero-order chi connectivity index (χ0) is 10.9. The number of hydrogen-bond acceptors (Lipinski definition) is 5. The van der Waals surface area contributed by atoms with Gasteiger partial charge in [-0.25, -0.2) is 4.79 Å². The van der Waals surface area contributed by atoms with E-state index in [1.807, 2.05) is 0 Å². The van der Waals surface area contributed by atoms with E-state index in [2.05, 4.69) is 15.5 Å². The van der Waals surface area contributed by atoms with Gasteiger partial charge in [0, 0.05) is 0 Å². The summed E-state index contributed by atoms with van der Waals surface area (Å²) in [5, 5.41) is 28.2. The largest absolute Gasteiger partial charge is 0.478 e. The Morgan fingerprint density at radius 2 is 2.33 bits per heavy atom. The van der Waals surface area contributed by atoms with Crippen LogP contribution in [0.5, 0.6) is 0 Å². The molecule has 0 saturated heterocycles. The quantitative estimate of drug-likeness (QED) is 0.651. The summed E-state index contributed by atoms with van der Waals surface area (Å²) in [6, 6.07) is 1.38. The molecular weight excluding hydrogens is 198 g/mol. The molecule has 1 aromatic heterocycles. The van der Waals surface area contributed by atoms with Gasteiger partial charge in [-0.2, -0.15) is 5.10 Å². The highest BCUT2D eigenvalue weighted by atomic mass is 16.4. The molecule has 0 radical (unpaired) electrons. The molecule has 0 unspecified atom stereocenters. The number of carboxylic acids is 1. The van der Waals surface area contributed by atoms with Gasteiger partial charge in [0.05, 0.1) is 18.3 Å². The first-order valence-electron chi connectivity index (χ1n) is 4.61. The molecule has 0 amide bonds. The van der Waals surface area contributed by atoms with Gasteiger partial charge in [-0.3, -0.25) is 0 Å². The van der Waals surface area contributed by atoms with Gasteiger partial charge >= 0.3 is 5.97 Å². The number of aliphatic hydroxyl groups is 1. The maximum atomic E-state index is 10.8. The van der Waals surface area contributed by atoms with Crippen LogP contribution in [0.4, 0.5) is 5.82 Å². The topological polar surface area (TPSA) is 95.3 Å². The van der Waals surface area contributed by atoms with E-state index in [1.54, 1.807) is 0 Å². The number of aromatic nitrogens is 2. The molecule has 1 aromatic rings. The van der Waals surface area contributed by atoms with Crippen molar-refractivity contribution in [3.8, 4) is 0 Å². The highest BCUT2D eigenvalue weighted by molar-refractivity contribution is 5.93. The summed E-state index contributed by atoms with van der Waals surface area (Å²) in [5.74, 6) is -0.835. The van der Waals surface area contributed by atoms with E-state index >= 15 is 0 Å². The fourth-order valence-corrected chi connectivity index (χ4v) is 1.32. The number of hydrogen-bond donors (Lipinski definition) is 3. The van der Waals surface area contributed by atoms with Gasteiger partial charge in [0.25, 0.3) is 0 Å². The molecule has 3 N–H and O–H groups in total. The molecule has 1 saturated carbocycles. The maximum absolute atomic E-state index is 10.8. The zero-order valence-corrected chi connectivity index (χ0v) is 7.97. The molecule has 0 aliphatic heterocycles. The van der Waals surface area contributed by atoms with E-state index in [1.165, 1.54) is 12.3 Å². The van der Waals surface area contributed by atoms with Crippen LogP contribution in [-0.4, -0.2) is 38.5 Å². The first-order chi connectivity index (χ1) is 7.17. The van der Waals surface area contributed by atoms with Crippen LogP contribution in [0.1, 0.15) is 23.2 Å². The molecule has 1 aliphatic rings. The fraction of sp³-hybridized carbons (Fsp3) is 0.444.